The highest BCUT2D eigenvalue weighted by Crippen LogP contribution is 2.37. The molecule has 0 spiro atoms. The minimum absolute atomic E-state index is 0.000142. The zero-order valence-corrected chi connectivity index (χ0v) is 18.1. The van der Waals surface area contributed by atoms with Gasteiger partial charge in [-0.25, -0.2) is 9.86 Å². The van der Waals surface area contributed by atoms with Gasteiger partial charge in [0.25, 0.3) is 11.6 Å². The average molecular weight is 491 g/mol. The van der Waals surface area contributed by atoms with E-state index in [1.807, 2.05) is 0 Å². The smallest absolute Gasteiger partial charge is 0.416 e. The molecule has 0 radical (unpaired) electrons. The average Bonchev–Trinajstić information content (AvgIpc) is 2.72. The lowest BCUT2D eigenvalue weighted by Gasteiger charge is -2.16. The van der Waals surface area contributed by atoms with Crippen molar-refractivity contribution >= 4 is 29.2 Å². The van der Waals surface area contributed by atoms with E-state index < -0.39 is 47.3 Å². The Balaban J connectivity index is 2.20. The molecule has 0 aliphatic rings. The van der Waals surface area contributed by atoms with Crippen molar-refractivity contribution in [3.63, 3.8) is 0 Å². The van der Waals surface area contributed by atoms with E-state index in [2.05, 4.69) is 4.74 Å². The van der Waals surface area contributed by atoms with Crippen molar-refractivity contribution in [1.82, 2.24) is 5.06 Å². The molecular weight excluding hydrogens is 473 g/mol. The van der Waals surface area contributed by atoms with Gasteiger partial charge in [-0.1, -0.05) is 11.6 Å². The maximum Gasteiger partial charge on any atom is 0.416 e. The molecular formula is C20H18ClF3N2O7. The Labute approximate surface area is 190 Å². The number of hydrogen-bond acceptors (Lipinski definition) is 7. The van der Waals surface area contributed by atoms with Gasteiger partial charge in [-0.15, -0.1) is 0 Å². The van der Waals surface area contributed by atoms with Crippen LogP contribution in [0, 0.1) is 10.1 Å². The molecule has 0 heterocycles. The van der Waals surface area contributed by atoms with E-state index in [1.165, 1.54) is 19.2 Å². The van der Waals surface area contributed by atoms with Crippen molar-refractivity contribution in [2.45, 2.75) is 19.5 Å². The van der Waals surface area contributed by atoms with Crippen molar-refractivity contribution in [3.8, 4) is 11.5 Å². The Hall–Kier alpha value is -3.38. The van der Waals surface area contributed by atoms with Gasteiger partial charge in [-0.05, 0) is 37.3 Å². The monoisotopic (exact) mass is 490 g/mol. The van der Waals surface area contributed by atoms with Gasteiger partial charge in [0.15, 0.2) is 6.61 Å². The van der Waals surface area contributed by atoms with Crippen LogP contribution >= 0.6 is 11.6 Å². The summed E-state index contributed by atoms with van der Waals surface area (Å²) in [6.45, 7) is 1.19. The molecule has 2 aromatic rings. The molecule has 0 atom stereocenters. The van der Waals surface area contributed by atoms with Crippen LogP contribution in [0.4, 0.5) is 18.9 Å². The summed E-state index contributed by atoms with van der Waals surface area (Å²) in [4.78, 5) is 39.3. The van der Waals surface area contributed by atoms with Gasteiger partial charge in [0.1, 0.15) is 11.5 Å². The molecule has 0 aliphatic heterocycles. The van der Waals surface area contributed by atoms with Crippen molar-refractivity contribution < 1.29 is 42.0 Å². The lowest BCUT2D eigenvalue weighted by atomic mass is 10.1. The zero-order chi connectivity index (χ0) is 24.8. The fourth-order valence-electron chi connectivity index (χ4n) is 2.53. The molecule has 0 unspecified atom stereocenters. The third-order valence-corrected chi connectivity index (χ3v) is 4.40. The molecule has 0 saturated heterocycles. The molecule has 0 fully saturated rings. The minimum atomic E-state index is -4.59. The summed E-state index contributed by atoms with van der Waals surface area (Å²) in [6.07, 6.45) is -5.09. The summed E-state index contributed by atoms with van der Waals surface area (Å²) in [7, 11) is 1.22. The summed E-state index contributed by atoms with van der Waals surface area (Å²) in [5.41, 5.74) is -1.43. The van der Waals surface area contributed by atoms with Crippen molar-refractivity contribution in [2.75, 3.05) is 20.3 Å². The number of benzene rings is 2. The van der Waals surface area contributed by atoms with Crippen LogP contribution < -0.4 is 4.74 Å². The summed E-state index contributed by atoms with van der Waals surface area (Å²) in [6, 6.07) is 5.93. The Kier molecular flexibility index (Phi) is 8.60. The number of rotatable bonds is 9. The van der Waals surface area contributed by atoms with E-state index in [9.17, 15) is 32.9 Å². The van der Waals surface area contributed by atoms with Crippen LogP contribution in [0.3, 0.4) is 0 Å². The standard InChI is InChI=1S/C20H18ClF3N2O7/c1-3-31-19(28)11-32-25(2)18(27)9-12-8-14(5-6-16(12)26(29)30)33-17-7-4-13(10-15(17)21)20(22,23)24/h4-8,10H,3,9,11H2,1-2H3. The minimum Gasteiger partial charge on any atom is -0.464 e. The first-order valence-corrected chi connectivity index (χ1v) is 9.67. The van der Waals surface area contributed by atoms with Crippen LogP contribution in [-0.2, 0) is 31.8 Å². The maximum atomic E-state index is 12.8. The Morgan fingerprint density at radius 3 is 2.45 bits per heavy atom. The van der Waals surface area contributed by atoms with Gasteiger partial charge in [-0.3, -0.25) is 19.7 Å². The van der Waals surface area contributed by atoms with Gasteiger partial charge in [0.2, 0.25) is 0 Å². The molecule has 0 aromatic heterocycles. The number of alkyl halides is 3. The topological polar surface area (TPSA) is 108 Å². The number of hydrogen-bond donors (Lipinski definition) is 0. The highest BCUT2D eigenvalue weighted by Gasteiger charge is 2.31. The largest absolute Gasteiger partial charge is 0.464 e. The molecule has 1 amide bonds. The molecule has 0 N–H and O–H groups in total. The normalized spacial score (nSPS) is 11.1. The fraction of sp³-hybridized carbons (Fsp3) is 0.300. The second kappa shape index (κ2) is 11.0. The number of carbonyl (C=O) groups is 2. The van der Waals surface area contributed by atoms with Gasteiger partial charge >= 0.3 is 12.1 Å². The third kappa shape index (κ3) is 7.32. The number of halogens is 4. The molecule has 0 bridgehead atoms. The van der Waals surface area contributed by atoms with Crippen molar-refractivity contribution in [1.29, 1.82) is 0 Å². The first kappa shape index (κ1) is 25.9. The quantitative estimate of drug-likeness (QED) is 0.288. The van der Waals surface area contributed by atoms with Crippen molar-refractivity contribution in [2.24, 2.45) is 0 Å². The van der Waals surface area contributed by atoms with Crippen molar-refractivity contribution in [3.05, 3.63) is 62.7 Å². The number of hydroxylamine groups is 2. The number of carbonyl (C=O) groups excluding carboxylic acids is 2. The SMILES string of the molecule is CCOC(=O)CON(C)C(=O)Cc1cc(Oc2ccc(C(F)(F)F)cc2Cl)ccc1[N+](=O)[O-]. The molecule has 2 aromatic carbocycles. The van der Waals surface area contributed by atoms with Gasteiger partial charge < -0.3 is 9.47 Å². The molecule has 2 rings (SSSR count). The maximum absolute atomic E-state index is 12.8. The summed E-state index contributed by atoms with van der Waals surface area (Å²) < 4.78 is 48.5. The van der Waals surface area contributed by atoms with E-state index in [-0.39, 0.29) is 28.7 Å². The van der Waals surface area contributed by atoms with Crippen LogP contribution in [0.15, 0.2) is 36.4 Å². The summed E-state index contributed by atoms with van der Waals surface area (Å²) >= 11 is 5.87. The van der Waals surface area contributed by atoms with E-state index >= 15 is 0 Å². The van der Waals surface area contributed by atoms with Gasteiger partial charge in [0, 0.05) is 18.7 Å². The number of amides is 1. The fourth-order valence-corrected chi connectivity index (χ4v) is 2.75. The number of nitro benzene ring substituents is 1. The number of likely N-dealkylation sites (N-methyl/N-ethyl adjacent to an activating group) is 1. The Morgan fingerprint density at radius 2 is 1.88 bits per heavy atom. The van der Waals surface area contributed by atoms with Crippen LogP contribution in [0.2, 0.25) is 5.02 Å². The van der Waals surface area contributed by atoms with E-state index in [4.69, 9.17) is 21.2 Å². The van der Waals surface area contributed by atoms with Gasteiger partial charge in [-0.2, -0.15) is 13.2 Å². The lowest BCUT2D eigenvalue weighted by molar-refractivity contribution is -0.385. The predicted molar refractivity (Wildman–Crippen MR) is 109 cm³/mol. The molecule has 33 heavy (non-hydrogen) atoms. The number of ether oxygens (including phenoxy) is 2. The highest BCUT2D eigenvalue weighted by molar-refractivity contribution is 6.32. The van der Waals surface area contributed by atoms with Crippen LogP contribution in [0.1, 0.15) is 18.1 Å². The molecule has 0 saturated carbocycles. The Bertz CT molecular complexity index is 1050. The summed E-state index contributed by atoms with van der Waals surface area (Å²) in [5.74, 6) is -1.54. The van der Waals surface area contributed by atoms with Crippen LogP contribution in [-0.4, -0.2) is 42.1 Å². The lowest BCUT2D eigenvalue weighted by Crippen LogP contribution is -2.31. The number of nitrogens with zero attached hydrogens (tertiary/aromatic N) is 2. The Morgan fingerprint density at radius 1 is 1.18 bits per heavy atom. The third-order valence-electron chi connectivity index (χ3n) is 4.11. The van der Waals surface area contributed by atoms with E-state index in [0.29, 0.717) is 6.07 Å². The highest BCUT2D eigenvalue weighted by atomic mass is 35.5. The van der Waals surface area contributed by atoms with Gasteiger partial charge in [0.05, 0.1) is 28.5 Å². The van der Waals surface area contributed by atoms with Crippen LogP contribution in [0.5, 0.6) is 11.5 Å². The molecule has 9 nitrogen and oxygen atoms in total. The molecule has 178 valence electrons. The number of nitro groups is 1. The summed E-state index contributed by atoms with van der Waals surface area (Å²) in [5, 5.41) is 11.7. The number of esters is 1. The first-order valence-electron chi connectivity index (χ1n) is 9.29. The molecule has 0 aliphatic carbocycles. The zero-order valence-electron chi connectivity index (χ0n) is 17.3. The van der Waals surface area contributed by atoms with E-state index in [0.717, 1.165) is 23.3 Å². The predicted octanol–water partition coefficient (Wildman–Crippen LogP) is 4.55. The second-order valence-electron chi connectivity index (χ2n) is 6.44. The van der Waals surface area contributed by atoms with Crippen LogP contribution in [0.25, 0.3) is 0 Å². The first-order chi connectivity index (χ1) is 15.4. The molecule has 13 heteroatoms. The van der Waals surface area contributed by atoms with E-state index in [1.54, 1.807) is 6.92 Å². The second-order valence-corrected chi connectivity index (χ2v) is 6.85.